The van der Waals surface area contributed by atoms with E-state index in [-0.39, 0.29) is 11.1 Å². The van der Waals surface area contributed by atoms with Gasteiger partial charge >= 0.3 is 50.2 Å². The fourth-order valence-corrected chi connectivity index (χ4v) is 8.44. The molecule has 8 aromatic rings. The summed E-state index contributed by atoms with van der Waals surface area (Å²) in [5.74, 6) is 0. The molecule has 0 atom stereocenters. The first-order valence-electron chi connectivity index (χ1n) is 18.4. The van der Waals surface area contributed by atoms with Gasteiger partial charge in [0.2, 0.25) is 0 Å². The average molecular weight is 916 g/mol. The number of rotatable bonds is 4. The van der Waals surface area contributed by atoms with E-state index in [9.17, 15) is 26.3 Å². The van der Waals surface area contributed by atoms with Crippen LogP contribution in [0.1, 0.15) is 36.1 Å². The molecular weight excluding hydrogens is 881 g/mol. The fraction of sp³-hybridized carbons (Fsp3) is 0.125. The molecule has 0 aromatic heterocycles. The smallest absolute Gasteiger partial charge is 0.0920 e. The van der Waals surface area contributed by atoms with Gasteiger partial charge in [0.25, 0.3) is 0 Å². The van der Waals surface area contributed by atoms with Crippen LogP contribution in [0.15, 0.2) is 152 Å². The standard InChI is InChI=1S/2C18H14F3.C12H7Si.2ClH.Zr/c2*1-2-12-10-13-6-5-8-14(16(13)11-12)15-7-3-4-9-17(15)18(19,20)21;1-3-7-11-9(5-1)10-6-2-4-8-12(10)13-11;;;/h2*3-11H,2H2,1H3;1-7H;2*1H;/q3*-1;;;+2/p-2. The molecule has 0 saturated carbocycles. The molecule has 1 heterocycles. The molecule has 294 valence electrons. The molecule has 1 aliphatic rings. The van der Waals surface area contributed by atoms with Gasteiger partial charge in [-0.1, -0.05) is 109 Å². The van der Waals surface area contributed by atoms with E-state index in [1.807, 2.05) is 68.4 Å². The minimum absolute atomic E-state index is 0.240. The molecule has 10 heteroatoms. The topological polar surface area (TPSA) is 0 Å². The van der Waals surface area contributed by atoms with E-state index in [2.05, 4.69) is 42.5 Å². The average Bonchev–Trinajstić information content (AvgIpc) is 3.96. The quantitative estimate of drug-likeness (QED) is 0.0937. The summed E-state index contributed by atoms with van der Waals surface area (Å²) in [6.07, 6.45) is -6.96. The Kier molecular flexibility index (Phi) is 14.4. The van der Waals surface area contributed by atoms with Crippen molar-refractivity contribution in [2.75, 3.05) is 0 Å². The number of benzene rings is 6. The molecule has 0 unspecified atom stereocenters. The normalized spacial score (nSPS) is 11.7. The molecule has 9 rings (SSSR count). The number of halogens is 8. The molecule has 0 nitrogen and oxygen atoms in total. The van der Waals surface area contributed by atoms with E-state index in [0.717, 1.165) is 67.2 Å². The Bertz CT molecular complexity index is 2440. The van der Waals surface area contributed by atoms with Crippen molar-refractivity contribution in [1.82, 2.24) is 0 Å². The first kappa shape index (κ1) is 43.4. The van der Waals surface area contributed by atoms with Crippen LogP contribution in [0.2, 0.25) is 0 Å². The molecule has 2 radical (unpaired) electrons. The van der Waals surface area contributed by atoms with Gasteiger partial charge in [0.15, 0.2) is 0 Å². The third kappa shape index (κ3) is 9.97. The summed E-state index contributed by atoms with van der Waals surface area (Å²) in [5.41, 5.74) is 5.63. The van der Waals surface area contributed by atoms with Gasteiger partial charge in [-0.25, -0.2) is 0 Å². The molecule has 0 amide bonds. The van der Waals surface area contributed by atoms with E-state index in [0.29, 0.717) is 11.1 Å². The summed E-state index contributed by atoms with van der Waals surface area (Å²) in [6, 6.07) is 48.7. The van der Waals surface area contributed by atoms with Gasteiger partial charge in [-0.3, -0.25) is 0 Å². The molecule has 58 heavy (non-hydrogen) atoms. The Balaban J connectivity index is 0.000000145. The minimum atomic E-state index is -4.35. The SMILES string of the molecule is CCc1cc2c(-c3ccccc3C(F)(F)F)cccc2[cH-]1.CCc1cc2c(-c3ccccc3C(F)(F)F)cccc2[cH-]1.[Cl][Zr][Cl].[c-]1cccc2c1[Si]c1ccccc1-2. The number of fused-ring (bicyclic) bond motifs is 5. The van der Waals surface area contributed by atoms with Crippen molar-refractivity contribution in [2.24, 2.45) is 0 Å². The van der Waals surface area contributed by atoms with Crippen molar-refractivity contribution >= 4 is 58.5 Å². The van der Waals surface area contributed by atoms with Crippen molar-refractivity contribution in [3.05, 3.63) is 180 Å². The van der Waals surface area contributed by atoms with Gasteiger partial charge in [-0.2, -0.15) is 67.9 Å². The molecule has 0 saturated heterocycles. The molecule has 0 aliphatic carbocycles. The van der Waals surface area contributed by atoms with E-state index in [1.54, 1.807) is 24.3 Å². The monoisotopic (exact) mass is 913 g/mol. The predicted molar refractivity (Wildman–Crippen MR) is 226 cm³/mol. The van der Waals surface area contributed by atoms with Gasteiger partial charge in [-0.15, -0.1) is 74.6 Å². The largest absolute Gasteiger partial charge is 0.184 e. The Hall–Kier alpha value is -4.20. The van der Waals surface area contributed by atoms with Crippen molar-refractivity contribution in [3.63, 3.8) is 0 Å². The maximum Gasteiger partial charge on any atom is 0.0920 e. The first-order chi connectivity index (χ1) is 27.9. The molecular formula is C48H35Cl2F6SiZr-3. The van der Waals surface area contributed by atoms with Crippen LogP contribution in [0.3, 0.4) is 0 Å². The summed E-state index contributed by atoms with van der Waals surface area (Å²) in [5, 5.41) is 6.56. The number of hydrogen-bond acceptors (Lipinski definition) is 0. The Morgan fingerprint density at radius 1 is 0.534 bits per heavy atom. The second kappa shape index (κ2) is 19.2. The second-order valence-corrected chi connectivity index (χ2v) is 18.4. The van der Waals surface area contributed by atoms with Crippen LogP contribution in [0.4, 0.5) is 26.3 Å². The van der Waals surface area contributed by atoms with Gasteiger partial charge in [-0.05, 0) is 36.1 Å². The van der Waals surface area contributed by atoms with Crippen LogP contribution >= 0.6 is 17.0 Å². The van der Waals surface area contributed by atoms with E-state index >= 15 is 0 Å². The fourth-order valence-electron chi connectivity index (χ4n) is 7.13. The zero-order valence-electron chi connectivity index (χ0n) is 31.4. The van der Waals surface area contributed by atoms with Gasteiger partial charge in [0.05, 0.1) is 20.6 Å². The zero-order chi connectivity index (χ0) is 41.5. The number of alkyl halides is 6. The molecule has 0 bridgehead atoms. The second-order valence-electron chi connectivity index (χ2n) is 13.3. The summed E-state index contributed by atoms with van der Waals surface area (Å²) < 4.78 is 79.2. The van der Waals surface area contributed by atoms with Gasteiger partial charge in [0, 0.05) is 0 Å². The van der Waals surface area contributed by atoms with E-state index in [1.165, 1.54) is 45.8 Å². The summed E-state index contributed by atoms with van der Waals surface area (Å²) in [6.45, 7) is 4.08. The van der Waals surface area contributed by atoms with Crippen molar-refractivity contribution < 1.29 is 47.2 Å². The third-order valence-corrected chi connectivity index (χ3v) is 11.2. The summed E-state index contributed by atoms with van der Waals surface area (Å²) >= 11 is -0.826. The predicted octanol–water partition coefficient (Wildman–Crippen LogP) is 14.1. The Labute approximate surface area is 355 Å². The molecule has 8 aromatic carbocycles. The molecule has 0 N–H and O–H groups in total. The number of aryl methyl sites for hydroxylation is 2. The Morgan fingerprint density at radius 3 is 1.41 bits per heavy atom. The molecule has 0 fully saturated rings. The van der Waals surface area contributed by atoms with Crippen LogP contribution in [0, 0.1) is 6.07 Å². The van der Waals surface area contributed by atoms with E-state index < -0.39 is 44.3 Å². The maximum atomic E-state index is 13.2. The van der Waals surface area contributed by atoms with Crippen LogP contribution in [-0.4, -0.2) is 9.52 Å². The van der Waals surface area contributed by atoms with E-state index in [4.69, 9.17) is 17.0 Å². The maximum absolute atomic E-state index is 13.2. The van der Waals surface area contributed by atoms with Gasteiger partial charge < -0.3 is 0 Å². The third-order valence-electron chi connectivity index (χ3n) is 9.82. The molecule has 1 aliphatic heterocycles. The first-order valence-corrected chi connectivity index (χ1v) is 25.7. The van der Waals surface area contributed by atoms with Crippen LogP contribution < -0.4 is 10.4 Å². The van der Waals surface area contributed by atoms with Crippen LogP contribution in [-0.2, 0) is 46.0 Å². The minimum Gasteiger partial charge on any atom is -0.184 e. The van der Waals surface area contributed by atoms with Gasteiger partial charge in [0.1, 0.15) is 0 Å². The zero-order valence-corrected chi connectivity index (χ0v) is 36.3. The summed E-state index contributed by atoms with van der Waals surface area (Å²) in [7, 11) is 10.7. The van der Waals surface area contributed by atoms with Crippen molar-refractivity contribution in [2.45, 2.75) is 39.0 Å². The molecule has 0 spiro atoms. The van der Waals surface area contributed by atoms with Crippen molar-refractivity contribution in [1.29, 1.82) is 0 Å². The summed E-state index contributed by atoms with van der Waals surface area (Å²) in [4.78, 5) is 0. The Morgan fingerprint density at radius 2 is 0.948 bits per heavy atom. The number of hydrogen-bond donors (Lipinski definition) is 0. The van der Waals surface area contributed by atoms with Crippen molar-refractivity contribution in [3.8, 4) is 33.4 Å². The van der Waals surface area contributed by atoms with Crippen LogP contribution in [0.25, 0.3) is 54.9 Å². The van der Waals surface area contributed by atoms with Crippen LogP contribution in [0.5, 0.6) is 0 Å².